The van der Waals surface area contributed by atoms with Crippen LogP contribution in [0.2, 0.25) is 0 Å². The summed E-state index contributed by atoms with van der Waals surface area (Å²) in [6.45, 7) is 13.9. The third-order valence-electron chi connectivity index (χ3n) is 15.7. The lowest BCUT2D eigenvalue weighted by Crippen LogP contribution is -2.56. The number of fused-ring (bicyclic) bond motifs is 7. The van der Waals surface area contributed by atoms with Crippen LogP contribution in [0.5, 0.6) is 0 Å². The number of hydrogen-bond donors (Lipinski definition) is 1. The molecule has 3 aliphatic heterocycles. The molecule has 7 fully saturated rings. The van der Waals surface area contributed by atoms with Gasteiger partial charge in [0, 0.05) is 32.0 Å². The first-order chi connectivity index (χ1) is 21.9. The molecule has 1 N–H and O–H groups in total. The lowest BCUT2D eigenvalue weighted by molar-refractivity contribution is -0.273. The monoisotopic (exact) mass is 639 g/mol. The number of carbonyl (C=O) groups is 2. The average Bonchev–Trinajstić information content (AvgIpc) is 3.47. The van der Waals surface area contributed by atoms with Crippen LogP contribution < -0.4 is 5.32 Å². The molecule has 7 heteroatoms. The number of hydrogen-bond acceptors (Lipinski definition) is 5. The molecule has 1 unspecified atom stereocenters. The molecule has 7 nitrogen and oxygen atoms in total. The second-order valence-corrected chi connectivity index (χ2v) is 18.2. The zero-order valence-corrected chi connectivity index (χ0v) is 30.0. The Kier molecular flexibility index (Phi) is 9.14. The number of likely N-dealkylation sites (tertiary alicyclic amines) is 1. The minimum absolute atomic E-state index is 0.0124. The van der Waals surface area contributed by atoms with Crippen LogP contribution >= 0.6 is 0 Å². The fraction of sp³-hybridized carbons (Fsp3) is 0.949. The standard InChI is InChI=1S/C39H65N3O4/c1-25-9-17-39(45-24-25)26(2)36-33(46-39)22-32-30-8-7-28-21-29(10-15-37(28,3)31(30)11-16-38(32,36)4)40-34(43)23-35(44)42(6)20-14-27-12-18-41(5)19-13-27/h25-33,36H,7-24H2,1-6H3,(H,40,43)/t25-,26+,28-,29+,30-,31?,32+,33+,36+,37+,38+,39-/m1/s1. The number of nitrogens with zero attached hydrogens (tertiary/aromatic N) is 2. The van der Waals surface area contributed by atoms with E-state index in [4.69, 9.17) is 9.47 Å². The van der Waals surface area contributed by atoms with Gasteiger partial charge >= 0.3 is 0 Å². The SMILES string of the molecule is C[C@@H]1CC[C@@]2(OC1)O[C@H]1C[C@H]3[C@@H]4CC[C@@H]5C[C@@H](NC(=O)CC(=O)N(C)CCC6CCN(C)CC6)CC[C@]5(C)C4CC[C@]3(C)[C@H]1[C@@H]2C. The van der Waals surface area contributed by atoms with E-state index in [9.17, 15) is 9.59 Å². The molecular weight excluding hydrogens is 574 g/mol. The summed E-state index contributed by atoms with van der Waals surface area (Å²) >= 11 is 0. The molecule has 4 saturated carbocycles. The van der Waals surface area contributed by atoms with E-state index in [2.05, 4.69) is 45.0 Å². The molecule has 4 aliphatic carbocycles. The van der Waals surface area contributed by atoms with E-state index in [1.807, 2.05) is 7.05 Å². The number of ether oxygens (including phenoxy) is 2. The van der Waals surface area contributed by atoms with E-state index in [1.54, 1.807) is 4.90 Å². The van der Waals surface area contributed by atoms with Crippen LogP contribution in [0.4, 0.5) is 0 Å². The van der Waals surface area contributed by atoms with Crippen LogP contribution in [-0.4, -0.2) is 79.9 Å². The maximum atomic E-state index is 13.1. The van der Waals surface area contributed by atoms with E-state index < -0.39 is 0 Å². The van der Waals surface area contributed by atoms with Gasteiger partial charge in [-0.25, -0.2) is 0 Å². The zero-order chi connectivity index (χ0) is 32.4. The van der Waals surface area contributed by atoms with E-state index in [0.717, 1.165) is 69.7 Å². The van der Waals surface area contributed by atoms with Crippen LogP contribution in [0, 0.1) is 58.2 Å². The van der Waals surface area contributed by atoms with Gasteiger partial charge in [0.25, 0.3) is 0 Å². The van der Waals surface area contributed by atoms with Crippen LogP contribution in [0.1, 0.15) is 118 Å². The van der Waals surface area contributed by atoms with E-state index in [-0.39, 0.29) is 30.1 Å². The summed E-state index contributed by atoms with van der Waals surface area (Å²) in [6, 6.07) is 0.211. The summed E-state index contributed by atoms with van der Waals surface area (Å²) in [6.07, 6.45) is 16.0. The Balaban J connectivity index is 0.914. The van der Waals surface area contributed by atoms with Crippen molar-refractivity contribution in [2.75, 3.05) is 40.3 Å². The molecule has 12 atom stereocenters. The maximum Gasteiger partial charge on any atom is 0.231 e. The highest BCUT2D eigenvalue weighted by Crippen LogP contribution is 2.71. The molecule has 46 heavy (non-hydrogen) atoms. The first-order valence-corrected chi connectivity index (χ1v) is 19.5. The second-order valence-electron chi connectivity index (χ2n) is 18.2. The van der Waals surface area contributed by atoms with Crippen molar-refractivity contribution in [3.05, 3.63) is 0 Å². The fourth-order valence-electron chi connectivity index (χ4n) is 12.8. The molecule has 260 valence electrons. The molecule has 1 spiro atoms. The molecule has 3 heterocycles. The molecule has 3 saturated heterocycles. The molecule has 0 aromatic rings. The molecule has 0 aromatic heterocycles. The quantitative estimate of drug-likeness (QED) is 0.336. The van der Waals surface area contributed by atoms with Gasteiger partial charge in [-0.15, -0.1) is 0 Å². The summed E-state index contributed by atoms with van der Waals surface area (Å²) in [4.78, 5) is 30.1. The third kappa shape index (κ3) is 5.78. The van der Waals surface area contributed by atoms with Crippen molar-refractivity contribution in [1.82, 2.24) is 15.1 Å². The minimum atomic E-state index is -0.328. The molecule has 7 rings (SSSR count). The van der Waals surface area contributed by atoms with Gasteiger partial charge < -0.3 is 24.6 Å². The zero-order valence-electron chi connectivity index (χ0n) is 30.0. The van der Waals surface area contributed by atoms with Gasteiger partial charge in [0.2, 0.25) is 11.8 Å². The van der Waals surface area contributed by atoms with Crippen molar-refractivity contribution in [2.24, 2.45) is 58.2 Å². The maximum absolute atomic E-state index is 13.1. The van der Waals surface area contributed by atoms with Crippen LogP contribution in [0.3, 0.4) is 0 Å². The predicted octanol–water partition coefficient (Wildman–Crippen LogP) is 6.50. The first-order valence-electron chi connectivity index (χ1n) is 19.5. The Bertz CT molecular complexity index is 1130. The van der Waals surface area contributed by atoms with Crippen LogP contribution in [-0.2, 0) is 19.1 Å². The Morgan fingerprint density at radius 3 is 2.41 bits per heavy atom. The third-order valence-corrected chi connectivity index (χ3v) is 15.7. The molecule has 2 amide bonds. The second kappa shape index (κ2) is 12.6. The molecular formula is C39H65N3O4. The fourth-order valence-corrected chi connectivity index (χ4v) is 12.8. The summed E-state index contributed by atoms with van der Waals surface area (Å²) in [5.74, 6) is 5.03. The van der Waals surface area contributed by atoms with Gasteiger partial charge in [-0.3, -0.25) is 9.59 Å². The van der Waals surface area contributed by atoms with Gasteiger partial charge in [0.1, 0.15) is 6.42 Å². The van der Waals surface area contributed by atoms with Crippen molar-refractivity contribution in [3.8, 4) is 0 Å². The minimum Gasteiger partial charge on any atom is -0.353 e. The number of nitrogens with one attached hydrogen (secondary N) is 1. The van der Waals surface area contributed by atoms with Crippen LogP contribution in [0.15, 0.2) is 0 Å². The topological polar surface area (TPSA) is 71.1 Å². The number of piperidine rings is 1. The van der Waals surface area contributed by atoms with Crippen molar-refractivity contribution < 1.29 is 19.1 Å². The van der Waals surface area contributed by atoms with E-state index >= 15 is 0 Å². The summed E-state index contributed by atoms with van der Waals surface area (Å²) in [5, 5.41) is 3.32. The highest BCUT2D eigenvalue weighted by molar-refractivity contribution is 5.96. The predicted molar refractivity (Wildman–Crippen MR) is 181 cm³/mol. The van der Waals surface area contributed by atoms with Crippen molar-refractivity contribution >= 4 is 11.8 Å². The number of carbonyl (C=O) groups excluding carboxylic acids is 2. The number of rotatable bonds is 6. The van der Waals surface area contributed by atoms with Gasteiger partial charge in [0.15, 0.2) is 5.79 Å². The summed E-state index contributed by atoms with van der Waals surface area (Å²) in [5.41, 5.74) is 0.728. The van der Waals surface area contributed by atoms with Crippen molar-refractivity contribution in [3.63, 3.8) is 0 Å². The van der Waals surface area contributed by atoms with Crippen LogP contribution in [0.25, 0.3) is 0 Å². The molecule has 0 radical (unpaired) electrons. The lowest BCUT2D eigenvalue weighted by atomic mass is 9.44. The summed E-state index contributed by atoms with van der Waals surface area (Å²) in [7, 11) is 4.06. The smallest absolute Gasteiger partial charge is 0.231 e. The van der Waals surface area contributed by atoms with Gasteiger partial charge in [0.05, 0.1) is 12.7 Å². The number of amides is 2. The highest BCUT2D eigenvalue weighted by Gasteiger charge is 2.69. The lowest BCUT2D eigenvalue weighted by Gasteiger charge is -2.61. The molecule has 7 aliphatic rings. The van der Waals surface area contributed by atoms with E-state index in [1.165, 1.54) is 57.8 Å². The Morgan fingerprint density at radius 1 is 0.913 bits per heavy atom. The average molecular weight is 640 g/mol. The highest BCUT2D eigenvalue weighted by atomic mass is 16.7. The Hall–Kier alpha value is -1.18. The van der Waals surface area contributed by atoms with Gasteiger partial charge in [-0.05, 0) is 149 Å². The molecule has 0 aromatic carbocycles. The van der Waals surface area contributed by atoms with Crippen molar-refractivity contribution in [2.45, 2.75) is 136 Å². The Morgan fingerprint density at radius 2 is 1.67 bits per heavy atom. The van der Waals surface area contributed by atoms with Gasteiger partial charge in [-0.2, -0.15) is 0 Å². The van der Waals surface area contributed by atoms with Crippen molar-refractivity contribution in [1.29, 1.82) is 0 Å². The first kappa shape index (κ1) is 33.3. The summed E-state index contributed by atoms with van der Waals surface area (Å²) < 4.78 is 13.5. The van der Waals surface area contributed by atoms with E-state index in [0.29, 0.717) is 46.5 Å². The Labute approximate surface area is 279 Å². The largest absolute Gasteiger partial charge is 0.353 e. The molecule has 0 bridgehead atoms. The van der Waals surface area contributed by atoms with Gasteiger partial charge in [-0.1, -0.05) is 27.7 Å². The normalized spacial score (nSPS) is 47.5.